The standard InChI is InChI=1S/C14H27N5/c1-4-5-11(2)12-16-13(18-17-12)19-8-6-14(3,10-15)7-9-19/h11H,4-10,15H2,1-3H3,(H,16,17,18). The maximum absolute atomic E-state index is 5.84. The van der Waals surface area contributed by atoms with Crippen LogP contribution in [0.2, 0.25) is 0 Å². The van der Waals surface area contributed by atoms with Gasteiger partial charge in [0.2, 0.25) is 5.95 Å². The lowest BCUT2D eigenvalue weighted by Gasteiger charge is -2.38. The van der Waals surface area contributed by atoms with Crippen LogP contribution in [-0.4, -0.2) is 34.8 Å². The Labute approximate surface area is 116 Å². The molecule has 1 aromatic heterocycles. The molecule has 0 saturated carbocycles. The fraction of sp³-hybridized carbons (Fsp3) is 0.857. The summed E-state index contributed by atoms with van der Waals surface area (Å²) in [4.78, 5) is 6.93. The van der Waals surface area contributed by atoms with Crippen molar-refractivity contribution in [3.8, 4) is 0 Å². The van der Waals surface area contributed by atoms with Crippen molar-refractivity contribution in [3.05, 3.63) is 5.82 Å². The second-order valence-corrected chi connectivity index (χ2v) is 6.21. The van der Waals surface area contributed by atoms with Crippen LogP contribution in [0.5, 0.6) is 0 Å². The average Bonchev–Trinajstić information content (AvgIpc) is 2.90. The number of piperidine rings is 1. The highest BCUT2D eigenvalue weighted by Gasteiger charge is 2.30. The van der Waals surface area contributed by atoms with Gasteiger partial charge in [-0.2, -0.15) is 4.98 Å². The number of H-pyrrole nitrogens is 1. The second-order valence-electron chi connectivity index (χ2n) is 6.21. The summed E-state index contributed by atoms with van der Waals surface area (Å²) in [5, 5.41) is 7.47. The monoisotopic (exact) mass is 265 g/mol. The van der Waals surface area contributed by atoms with Crippen LogP contribution in [0.25, 0.3) is 0 Å². The minimum atomic E-state index is 0.297. The largest absolute Gasteiger partial charge is 0.340 e. The third-order valence-electron chi connectivity index (χ3n) is 4.43. The first-order valence-electron chi connectivity index (χ1n) is 7.45. The van der Waals surface area contributed by atoms with Crippen molar-refractivity contribution in [3.63, 3.8) is 0 Å². The van der Waals surface area contributed by atoms with Gasteiger partial charge in [-0.25, -0.2) is 0 Å². The summed E-state index contributed by atoms with van der Waals surface area (Å²) >= 11 is 0. The van der Waals surface area contributed by atoms with Gasteiger partial charge in [0, 0.05) is 19.0 Å². The van der Waals surface area contributed by atoms with E-state index in [1.54, 1.807) is 0 Å². The molecular weight excluding hydrogens is 238 g/mol. The lowest BCUT2D eigenvalue weighted by Crippen LogP contribution is -2.42. The molecule has 0 radical (unpaired) electrons. The smallest absolute Gasteiger partial charge is 0.244 e. The van der Waals surface area contributed by atoms with E-state index in [1.165, 1.54) is 6.42 Å². The van der Waals surface area contributed by atoms with Crippen molar-refractivity contribution >= 4 is 5.95 Å². The van der Waals surface area contributed by atoms with E-state index in [4.69, 9.17) is 5.73 Å². The zero-order valence-electron chi connectivity index (χ0n) is 12.4. The van der Waals surface area contributed by atoms with Crippen molar-refractivity contribution in [1.82, 2.24) is 15.2 Å². The molecule has 19 heavy (non-hydrogen) atoms. The molecule has 2 rings (SSSR count). The van der Waals surface area contributed by atoms with E-state index in [0.717, 1.165) is 50.7 Å². The van der Waals surface area contributed by atoms with Crippen LogP contribution in [0.4, 0.5) is 5.95 Å². The lowest BCUT2D eigenvalue weighted by molar-refractivity contribution is 0.257. The van der Waals surface area contributed by atoms with E-state index in [0.29, 0.717) is 11.3 Å². The fourth-order valence-corrected chi connectivity index (χ4v) is 2.65. The summed E-state index contributed by atoms with van der Waals surface area (Å²) in [6.45, 7) is 9.46. The Balaban J connectivity index is 1.97. The molecule has 1 atom stereocenters. The molecule has 1 saturated heterocycles. The van der Waals surface area contributed by atoms with Gasteiger partial charge in [0.1, 0.15) is 5.82 Å². The highest BCUT2D eigenvalue weighted by molar-refractivity contribution is 5.30. The van der Waals surface area contributed by atoms with Crippen molar-refractivity contribution in [1.29, 1.82) is 0 Å². The third-order valence-corrected chi connectivity index (χ3v) is 4.43. The molecular formula is C14H27N5. The molecule has 1 aromatic rings. The molecule has 2 heterocycles. The molecule has 0 aliphatic carbocycles. The van der Waals surface area contributed by atoms with Crippen LogP contribution in [0, 0.1) is 5.41 Å². The van der Waals surface area contributed by atoms with Gasteiger partial charge in [-0.1, -0.05) is 27.2 Å². The zero-order valence-corrected chi connectivity index (χ0v) is 12.4. The van der Waals surface area contributed by atoms with Gasteiger partial charge < -0.3 is 10.6 Å². The molecule has 1 unspecified atom stereocenters. The number of aromatic nitrogens is 3. The van der Waals surface area contributed by atoms with Gasteiger partial charge in [0.05, 0.1) is 0 Å². The first kappa shape index (κ1) is 14.3. The second kappa shape index (κ2) is 5.90. The van der Waals surface area contributed by atoms with Crippen LogP contribution >= 0.6 is 0 Å². The van der Waals surface area contributed by atoms with Crippen molar-refractivity contribution in [2.24, 2.45) is 11.1 Å². The average molecular weight is 265 g/mol. The third kappa shape index (κ3) is 3.26. The van der Waals surface area contributed by atoms with Gasteiger partial charge in [-0.05, 0) is 31.2 Å². The minimum absolute atomic E-state index is 0.297. The quantitative estimate of drug-likeness (QED) is 0.857. The summed E-state index contributed by atoms with van der Waals surface area (Å²) in [6.07, 6.45) is 4.57. The summed E-state index contributed by atoms with van der Waals surface area (Å²) < 4.78 is 0. The van der Waals surface area contributed by atoms with Crippen molar-refractivity contribution < 1.29 is 0 Å². The molecule has 0 aromatic carbocycles. The lowest BCUT2D eigenvalue weighted by atomic mass is 9.81. The molecule has 1 aliphatic rings. The number of nitrogens with one attached hydrogen (secondary N) is 1. The molecule has 0 amide bonds. The van der Waals surface area contributed by atoms with Gasteiger partial charge in [0.25, 0.3) is 0 Å². The zero-order chi connectivity index (χ0) is 13.9. The van der Waals surface area contributed by atoms with Crippen LogP contribution in [-0.2, 0) is 0 Å². The molecule has 0 spiro atoms. The van der Waals surface area contributed by atoms with Crippen LogP contribution < -0.4 is 10.6 Å². The van der Waals surface area contributed by atoms with E-state index in [1.807, 2.05) is 0 Å². The number of aromatic amines is 1. The Morgan fingerprint density at radius 3 is 2.68 bits per heavy atom. The maximum Gasteiger partial charge on any atom is 0.244 e. The molecule has 0 bridgehead atoms. The number of anilines is 1. The number of hydrogen-bond acceptors (Lipinski definition) is 4. The van der Waals surface area contributed by atoms with E-state index < -0.39 is 0 Å². The molecule has 3 N–H and O–H groups in total. The molecule has 1 aliphatic heterocycles. The van der Waals surface area contributed by atoms with Crippen LogP contribution in [0.1, 0.15) is 58.2 Å². The summed E-state index contributed by atoms with van der Waals surface area (Å²) in [5.41, 5.74) is 6.14. The summed E-state index contributed by atoms with van der Waals surface area (Å²) in [6, 6.07) is 0. The summed E-state index contributed by atoms with van der Waals surface area (Å²) in [7, 11) is 0. The van der Waals surface area contributed by atoms with E-state index in [2.05, 4.69) is 40.9 Å². The molecule has 5 heteroatoms. The summed E-state index contributed by atoms with van der Waals surface area (Å²) in [5.74, 6) is 2.34. The Morgan fingerprint density at radius 2 is 2.11 bits per heavy atom. The van der Waals surface area contributed by atoms with Crippen LogP contribution in [0.3, 0.4) is 0 Å². The van der Waals surface area contributed by atoms with Gasteiger partial charge >= 0.3 is 0 Å². The highest BCUT2D eigenvalue weighted by Crippen LogP contribution is 2.31. The first-order chi connectivity index (χ1) is 9.08. The van der Waals surface area contributed by atoms with E-state index in [-0.39, 0.29) is 0 Å². The maximum atomic E-state index is 5.84. The Bertz CT molecular complexity index is 392. The molecule has 1 fully saturated rings. The highest BCUT2D eigenvalue weighted by atomic mass is 15.4. The van der Waals surface area contributed by atoms with Crippen LogP contribution in [0.15, 0.2) is 0 Å². The van der Waals surface area contributed by atoms with Crippen molar-refractivity contribution in [2.75, 3.05) is 24.5 Å². The Hall–Kier alpha value is -1.10. The SMILES string of the molecule is CCCC(C)c1nc(N2CCC(C)(CN)CC2)n[nH]1. The number of hydrogen-bond donors (Lipinski definition) is 2. The molecule has 108 valence electrons. The van der Waals surface area contributed by atoms with Gasteiger partial charge in [-0.3, -0.25) is 5.10 Å². The number of nitrogens with zero attached hydrogens (tertiary/aromatic N) is 3. The minimum Gasteiger partial charge on any atom is -0.340 e. The number of rotatable bonds is 5. The van der Waals surface area contributed by atoms with Gasteiger partial charge in [-0.15, -0.1) is 5.10 Å². The predicted octanol–water partition coefficient (Wildman–Crippen LogP) is 2.27. The Morgan fingerprint density at radius 1 is 1.42 bits per heavy atom. The Kier molecular flexibility index (Phi) is 4.45. The predicted molar refractivity (Wildman–Crippen MR) is 78.3 cm³/mol. The first-order valence-corrected chi connectivity index (χ1v) is 7.45. The normalized spacial score (nSPS) is 20.5. The van der Waals surface area contributed by atoms with E-state index >= 15 is 0 Å². The molecule has 5 nitrogen and oxygen atoms in total. The fourth-order valence-electron chi connectivity index (χ4n) is 2.65. The van der Waals surface area contributed by atoms with Crippen molar-refractivity contribution in [2.45, 2.75) is 52.4 Å². The van der Waals surface area contributed by atoms with Gasteiger partial charge in [0.15, 0.2) is 0 Å². The van der Waals surface area contributed by atoms with E-state index in [9.17, 15) is 0 Å². The topological polar surface area (TPSA) is 70.8 Å². The number of nitrogens with two attached hydrogens (primary N) is 1.